The fourth-order valence-electron chi connectivity index (χ4n) is 1.27. The predicted molar refractivity (Wildman–Crippen MR) is 63.3 cm³/mol. The molecular formula is C11H11BrO5. The highest BCUT2D eigenvalue weighted by Gasteiger charge is 2.16. The molecule has 0 fully saturated rings. The molecule has 0 aliphatic carbocycles. The Morgan fingerprint density at radius 2 is 2.06 bits per heavy atom. The predicted octanol–water partition coefficient (Wildman–Crippen LogP) is 2.01. The number of ether oxygens (including phenoxy) is 2. The number of aromatic carboxylic acids is 1. The molecule has 6 heteroatoms. The summed E-state index contributed by atoms with van der Waals surface area (Å²) in [6, 6.07) is 3.13. The number of benzene rings is 1. The first-order chi connectivity index (χ1) is 7.95. The molecule has 0 atom stereocenters. The summed E-state index contributed by atoms with van der Waals surface area (Å²) >= 11 is 3.20. The zero-order valence-corrected chi connectivity index (χ0v) is 10.9. The van der Waals surface area contributed by atoms with Gasteiger partial charge in [0.25, 0.3) is 0 Å². The molecule has 0 saturated heterocycles. The molecule has 1 aromatic rings. The summed E-state index contributed by atoms with van der Waals surface area (Å²) in [7, 11) is 1.23. The molecule has 0 spiro atoms. The first kappa shape index (κ1) is 13.5. The molecule has 0 aliphatic heterocycles. The maximum atomic E-state index is 11.0. The van der Waals surface area contributed by atoms with E-state index < -0.39 is 11.9 Å². The molecule has 1 rings (SSSR count). The van der Waals surface area contributed by atoms with Crippen LogP contribution in [0.2, 0.25) is 0 Å². The summed E-state index contributed by atoms with van der Waals surface area (Å²) in [6.45, 7) is 1.38. The quantitative estimate of drug-likeness (QED) is 0.861. The Morgan fingerprint density at radius 3 is 2.59 bits per heavy atom. The largest absolute Gasteiger partial charge is 0.481 e. The van der Waals surface area contributed by atoms with Crippen molar-refractivity contribution in [1.29, 1.82) is 0 Å². The maximum Gasteiger partial charge on any atom is 0.343 e. The molecule has 0 heterocycles. The number of aryl methyl sites for hydroxylation is 1. The number of carbonyl (C=O) groups is 2. The molecule has 92 valence electrons. The highest BCUT2D eigenvalue weighted by atomic mass is 79.9. The van der Waals surface area contributed by atoms with Crippen LogP contribution in [0.3, 0.4) is 0 Å². The number of hydrogen-bond donors (Lipinski definition) is 1. The van der Waals surface area contributed by atoms with Crippen LogP contribution in [0.4, 0.5) is 0 Å². The van der Waals surface area contributed by atoms with E-state index in [1.54, 1.807) is 13.0 Å². The van der Waals surface area contributed by atoms with E-state index >= 15 is 0 Å². The van der Waals surface area contributed by atoms with Crippen LogP contribution in [0, 0.1) is 6.92 Å². The van der Waals surface area contributed by atoms with Crippen molar-refractivity contribution in [2.24, 2.45) is 0 Å². The first-order valence-electron chi connectivity index (χ1n) is 4.68. The van der Waals surface area contributed by atoms with Gasteiger partial charge in [-0.1, -0.05) is 15.9 Å². The van der Waals surface area contributed by atoms with Crippen LogP contribution < -0.4 is 4.74 Å². The number of halogens is 1. The SMILES string of the molecule is COC(=O)COc1c(C)cc(Br)cc1C(=O)O. The van der Waals surface area contributed by atoms with E-state index in [1.165, 1.54) is 13.2 Å². The standard InChI is InChI=1S/C11H11BrO5/c1-6-3-7(12)4-8(11(14)15)10(6)17-5-9(13)16-2/h3-4H,5H2,1-2H3,(H,14,15). The summed E-state index contributed by atoms with van der Waals surface area (Å²) in [5.74, 6) is -1.51. The first-order valence-corrected chi connectivity index (χ1v) is 5.48. The van der Waals surface area contributed by atoms with Crippen molar-refractivity contribution in [3.8, 4) is 5.75 Å². The van der Waals surface area contributed by atoms with Crippen molar-refractivity contribution < 1.29 is 24.2 Å². The van der Waals surface area contributed by atoms with Crippen molar-refractivity contribution in [3.05, 3.63) is 27.7 Å². The Balaban J connectivity index is 3.04. The monoisotopic (exact) mass is 302 g/mol. The number of rotatable bonds is 4. The van der Waals surface area contributed by atoms with Crippen LogP contribution in [-0.4, -0.2) is 30.8 Å². The number of carboxylic acids is 1. The smallest absolute Gasteiger partial charge is 0.343 e. The maximum absolute atomic E-state index is 11.0. The number of carbonyl (C=O) groups excluding carboxylic acids is 1. The molecule has 1 aromatic carbocycles. The normalized spacial score (nSPS) is 9.82. The van der Waals surface area contributed by atoms with Gasteiger partial charge < -0.3 is 14.6 Å². The lowest BCUT2D eigenvalue weighted by Crippen LogP contribution is -2.15. The van der Waals surface area contributed by atoms with Gasteiger partial charge in [-0.3, -0.25) is 0 Å². The minimum Gasteiger partial charge on any atom is -0.481 e. The van der Waals surface area contributed by atoms with Gasteiger partial charge >= 0.3 is 11.9 Å². The zero-order chi connectivity index (χ0) is 13.0. The Hall–Kier alpha value is -1.56. The summed E-state index contributed by atoms with van der Waals surface area (Å²) in [5.41, 5.74) is 0.626. The highest BCUT2D eigenvalue weighted by molar-refractivity contribution is 9.10. The second-order valence-electron chi connectivity index (χ2n) is 3.27. The Morgan fingerprint density at radius 1 is 1.41 bits per heavy atom. The summed E-state index contributed by atoms with van der Waals surface area (Å²) in [5, 5.41) is 9.02. The van der Waals surface area contributed by atoms with Crippen LogP contribution >= 0.6 is 15.9 Å². The number of carboxylic acid groups (broad SMARTS) is 1. The molecular weight excluding hydrogens is 292 g/mol. The molecule has 0 bridgehead atoms. The van der Waals surface area contributed by atoms with Crippen LogP contribution in [-0.2, 0) is 9.53 Å². The minimum absolute atomic E-state index is 0.000720. The van der Waals surface area contributed by atoms with Crippen LogP contribution in [0.1, 0.15) is 15.9 Å². The highest BCUT2D eigenvalue weighted by Crippen LogP contribution is 2.28. The molecule has 0 amide bonds. The van der Waals surface area contributed by atoms with E-state index in [2.05, 4.69) is 20.7 Å². The van der Waals surface area contributed by atoms with Crippen molar-refractivity contribution in [2.75, 3.05) is 13.7 Å². The Bertz CT molecular complexity index is 455. The summed E-state index contributed by atoms with van der Waals surface area (Å²) in [4.78, 5) is 22.0. The van der Waals surface area contributed by atoms with E-state index in [0.29, 0.717) is 10.0 Å². The van der Waals surface area contributed by atoms with Crippen LogP contribution in [0.15, 0.2) is 16.6 Å². The van der Waals surface area contributed by atoms with E-state index in [9.17, 15) is 9.59 Å². The Kier molecular flexibility index (Phi) is 4.51. The van der Waals surface area contributed by atoms with Gasteiger partial charge in [-0.15, -0.1) is 0 Å². The summed E-state index contributed by atoms with van der Waals surface area (Å²) < 4.78 is 10.2. The average molecular weight is 303 g/mol. The fourth-order valence-corrected chi connectivity index (χ4v) is 1.84. The molecule has 5 nitrogen and oxygen atoms in total. The molecule has 0 aliphatic rings. The van der Waals surface area contributed by atoms with Crippen molar-refractivity contribution in [2.45, 2.75) is 6.92 Å². The third-order valence-electron chi connectivity index (χ3n) is 2.03. The minimum atomic E-state index is -1.12. The second kappa shape index (κ2) is 5.67. The average Bonchev–Trinajstić information content (AvgIpc) is 2.26. The third kappa shape index (κ3) is 3.45. The fraction of sp³-hybridized carbons (Fsp3) is 0.273. The molecule has 17 heavy (non-hydrogen) atoms. The van der Waals surface area contributed by atoms with Gasteiger partial charge in [0, 0.05) is 4.47 Å². The van der Waals surface area contributed by atoms with Gasteiger partial charge in [-0.2, -0.15) is 0 Å². The van der Waals surface area contributed by atoms with E-state index in [-0.39, 0.29) is 17.9 Å². The lowest BCUT2D eigenvalue weighted by molar-refractivity contribution is -0.142. The van der Waals surface area contributed by atoms with Gasteiger partial charge in [0.15, 0.2) is 6.61 Å². The molecule has 1 N–H and O–H groups in total. The van der Waals surface area contributed by atoms with Gasteiger partial charge in [0.1, 0.15) is 11.3 Å². The summed E-state index contributed by atoms with van der Waals surface area (Å²) in [6.07, 6.45) is 0. The number of hydrogen-bond acceptors (Lipinski definition) is 4. The van der Waals surface area contributed by atoms with Gasteiger partial charge in [0.05, 0.1) is 7.11 Å². The second-order valence-corrected chi connectivity index (χ2v) is 4.19. The lowest BCUT2D eigenvalue weighted by atomic mass is 10.1. The molecule has 0 saturated carbocycles. The molecule has 0 radical (unpaired) electrons. The van der Waals surface area contributed by atoms with Gasteiger partial charge in [-0.25, -0.2) is 9.59 Å². The number of methoxy groups -OCH3 is 1. The van der Waals surface area contributed by atoms with Gasteiger partial charge in [-0.05, 0) is 24.6 Å². The van der Waals surface area contributed by atoms with Crippen molar-refractivity contribution in [1.82, 2.24) is 0 Å². The van der Waals surface area contributed by atoms with E-state index in [1.807, 2.05) is 0 Å². The zero-order valence-electron chi connectivity index (χ0n) is 9.32. The molecule has 0 unspecified atom stereocenters. The Labute approximate surface area is 106 Å². The van der Waals surface area contributed by atoms with Crippen LogP contribution in [0.25, 0.3) is 0 Å². The van der Waals surface area contributed by atoms with Gasteiger partial charge in [0.2, 0.25) is 0 Å². The van der Waals surface area contributed by atoms with Crippen molar-refractivity contribution in [3.63, 3.8) is 0 Å². The van der Waals surface area contributed by atoms with E-state index in [0.717, 1.165) is 0 Å². The third-order valence-corrected chi connectivity index (χ3v) is 2.49. The van der Waals surface area contributed by atoms with Crippen molar-refractivity contribution >= 4 is 27.9 Å². The van der Waals surface area contributed by atoms with E-state index in [4.69, 9.17) is 9.84 Å². The molecule has 0 aromatic heterocycles. The topological polar surface area (TPSA) is 72.8 Å². The van der Waals surface area contributed by atoms with Crippen LogP contribution in [0.5, 0.6) is 5.75 Å². The lowest BCUT2D eigenvalue weighted by Gasteiger charge is -2.11. The number of esters is 1.